The van der Waals surface area contributed by atoms with Crippen LogP contribution in [0.25, 0.3) is 27.9 Å². The molecular weight excluding hydrogens is 402 g/mol. The summed E-state index contributed by atoms with van der Waals surface area (Å²) >= 11 is 3.59. The van der Waals surface area contributed by atoms with Gasteiger partial charge >= 0.3 is 0 Å². The fraction of sp³-hybridized carbons (Fsp3) is 0.0952. The molecule has 2 aromatic carbocycles. The monoisotopic (exact) mass is 417 g/mol. The second-order valence-corrected chi connectivity index (χ2v) is 7.79. The number of aromatic nitrogens is 2. The Morgan fingerprint density at radius 1 is 1.04 bits per heavy atom. The Kier molecular flexibility index (Phi) is 3.08. The van der Waals surface area contributed by atoms with E-state index in [0.717, 1.165) is 44.5 Å². The molecule has 0 fully saturated rings. The number of hydrogen-bond acceptors (Lipinski definition) is 4. The third-order valence-electron chi connectivity index (χ3n) is 5.35. The molecule has 4 aromatic rings. The minimum absolute atomic E-state index is 0.00622. The van der Waals surface area contributed by atoms with Crippen molar-refractivity contribution in [3.63, 3.8) is 0 Å². The molecule has 0 saturated heterocycles. The van der Waals surface area contributed by atoms with Crippen LogP contribution in [0.15, 0.2) is 53.3 Å². The normalized spacial score (nSPS) is 17.3. The first-order valence-electron chi connectivity index (χ1n) is 8.94. The molecule has 5 nitrogen and oxygen atoms in total. The van der Waals surface area contributed by atoms with Gasteiger partial charge in [0.25, 0.3) is 0 Å². The standard InChI is InChI=1S/C21H16BrN5/c22-11-5-6-16-14(9-11)15(10-25-16)21-26-19-12-3-1-7-23-17(12)18-13(20(19)27-21)4-2-8-24-18/h1-7,9-10,21,24-27H,8H2. The van der Waals surface area contributed by atoms with Gasteiger partial charge in [0, 0.05) is 50.8 Å². The number of nitrogens with one attached hydrogen (secondary N) is 4. The number of fused-ring (bicyclic) bond motifs is 7. The second-order valence-electron chi connectivity index (χ2n) is 6.88. The zero-order valence-corrected chi connectivity index (χ0v) is 15.9. The average molecular weight is 418 g/mol. The summed E-state index contributed by atoms with van der Waals surface area (Å²) in [5.74, 6) is 0. The Morgan fingerprint density at radius 2 is 1.96 bits per heavy atom. The molecule has 6 rings (SSSR count). The first-order chi connectivity index (χ1) is 13.3. The van der Waals surface area contributed by atoms with Crippen molar-refractivity contribution < 1.29 is 0 Å². The molecule has 0 amide bonds. The number of rotatable bonds is 1. The average Bonchev–Trinajstić information content (AvgIpc) is 3.32. The number of hydrogen-bond donors (Lipinski definition) is 4. The fourth-order valence-electron chi connectivity index (χ4n) is 4.14. The summed E-state index contributed by atoms with van der Waals surface area (Å²) in [7, 11) is 0. The van der Waals surface area contributed by atoms with Gasteiger partial charge in [-0.3, -0.25) is 4.98 Å². The molecule has 2 aliphatic heterocycles. The van der Waals surface area contributed by atoms with Crippen LogP contribution in [0.1, 0.15) is 17.3 Å². The molecule has 2 aromatic heterocycles. The predicted octanol–water partition coefficient (Wildman–Crippen LogP) is 5.45. The zero-order valence-electron chi connectivity index (χ0n) is 14.3. The van der Waals surface area contributed by atoms with Gasteiger partial charge in [-0.25, -0.2) is 0 Å². The van der Waals surface area contributed by atoms with Gasteiger partial charge in [0.05, 0.1) is 22.6 Å². The quantitative estimate of drug-likeness (QED) is 0.332. The van der Waals surface area contributed by atoms with Crippen LogP contribution < -0.4 is 16.0 Å². The number of nitrogens with zero attached hydrogens (tertiary/aromatic N) is 1. The maximum atomic E-state index is 4.64. The van der Waals surface area contributed by atoms with E-state index in [2.05, 4.69) is 84.5 Å². The topological polar surface area (TPSA) is 64.8 Å². The summed E-state index contributed by atoms with van der Waals surface area (Å²) < 4.78 is 1.07. The van der Waals surface area contributed by atoms with E-state index < -0.39 is 0 Å². The predicted molar refractivity (Wildman–Crippen MR) is 115 cm³/mol. The largest absolute Gasteiger partial charge is 0.379 e. The summed E-state index contributed by atoms with van der Waals surface area (Å²) in [5.41, 5.74) is 7.83. The lowest BCUT2D eigenvalue weighted by molar-refractivity contribution is 0.952. The SMILES string of the molecule is Brc1ccc2[nH]cc(C3Nc4c5c(c6ncccc6c4N3)NCC=C5)c2c1. The van der Waals surface area contributed by atoms with E-state index in [1.54, 1.807) is 0 Å². The number of pyridine rings is 1. The molecule has 132 valence electrons. The van der Waals surface area contributed by atoms with Crippen molar-refractivity contribution in [2.75, 3.05) is 22.5 Å². The van der Waals surface area contributed by atoms with Gasteiger partial charge in [-0.2, -0.15) is 0 Å². The number of H-pyrrole nitrogens is 1. The molecule has 27 heavy (non-hydrogen) atoms. The summed E-state index contributed by atoms with van der Waals surface area (Å²) in [4.78, 5) is 8.02. The van der Waals surface area contributed by atoms with E-state index in [0.29, 0.717) is 0 Å². The van der Waals surface area contributed by atoms with E-state index in [9.17, 15) is 0 Å². The van der Waals surface area contributed by atoms with Crippen molar-refractivity contribution in [1.29, 1.82) is 0 Å². The van der Waals surface area contributed by atoms with Crippen LogP contribution in [0.3, 0.4) is 0 Å². The first-order valence-corrected chi connectivity index (χ1v) is 9.73. The zero-order chi connectivity index (χ0) is 18.0. The number of benzene rings is 2. The Balaban J connectivity index is 1.55. The van der Waals surface area contributed by atoms with Crippen LogP contribution in [-0.2, 0) is 0 Å². The van der Waals surface area contributed by atoms with E-state index in [-0.39, 0.29) is 6.17 Å². The van der Waals surface area contributed by atoms with Crippen LogP contribution in [-0.4, -0.2) is 16.5 Å². The summed E-state index contributed by atoms with van der Waals surface area (Å²) in [6, 6.07) is 10.4. The molecule has 1 atom stereocenters. The molecular formula is C21H16BrN5. The first kappa shape index (κ1) is 15.1. The highest BCUT2D eigenvalue weighted by Crippen LogP contribution is 2.48. The minimum Gasteiger partial charge on any atom is -0.379 e. The van der Waals surface area contributed by atoms with Gasteiger partial charge in [-0.15, -0.1) is 0 Å². The molecule has 1 unspecified atom stereocenters. The highest BCUT2D eigenvalue weighted by molar-refractivity contribution is 9.10. The van der Waals surface area contributed by atoms with Gasteiger partial charge in [0.15, 0.2) is 0 Å². The molecule has 0 saturated carbocycles. The van der Waals surface area contributed by atoms with Crippen LogP contribution in [0.5, 0.6) is 0 Å². The Bertz CT molecular complexity index is 1260. The highest BCUT2D eigenvalue weighted by Gasteiger charge is 2.30. The highest BCUT2D eigenvalue weighted by atomic mass is 79.9. The fourth-order valence-corrected chi connectivity index (χ4v) is 4.51. The lowest BCUT2D eigenvalue weighted by Crippen LogP contribution is -2.12. The van der Waals surface area contributed by atoms with Crippen LogP contribution >= 0.6 is 15.9 Å². The molecule has 4 N–H and O–H groups in total. The van der Waals surface area contributed by atoms with Gasteiger partial charge in [0.2, 0.25) is 0 Å². The van der Waals surface area contributed by atoms with Gasteiger partial charge in [-0.1, -0.05) is 28.1 Å². The van der Waals surface area contributed by atoms with E-state index >= 15 is 0 Å². The molecule has 2 aliphatic rings. The van der Waals surface area contributed by atoms with Gasteiger partial charge in [0.1, 0.15) is 6.17 Å². The summed E-state index contributed by atoms with van der Waals surface area (Å²) in [5, 5.41) is 13.2. The maximum absolute atomic E-state index is 4.64. The van der Waals surface area contributed by atoms with Gasteiger partial charge < -0.3 is 20.9 Å². The van der Waals surface area contributed by atoms with E-state index in [1.807, 2.05) is 12.3 Å². The van der Waals surface area contributed by atoms with Crippen molar-refractivity contribution in [1.82, 2.24) is 9.97 Å². The Morgan fingerprint density at radius 3 is 2.93 bits per heavy atom. The van der Waals surface area contributed by atoms with E-state index in [4.69, 9.17) is 0 Å². The number of anilines is 3. The number of aromatic amines is 1. The van der Waals surface area contributed by atoms with Crippen molar-refractivity contribution >= 4 is 60.9 Å². The van der Waals surface area contributed by atoms with Crippen LogP contribution in [0.4, 0.5) is 17.1 Å². The van der Waals surface area contributed by atoms with Gasteiger partial charge in [-0.05, 0) is 30.3 Å². The van der Waals surface area contributed by atoms with Crippen molar-refractivity contribution in [3.05, 3.63) is 64.4 Å². The lowest BCUT2D eigenvalue weighted by atomic mass is 10.0. The summed E-state index contributed by atoms with van der Waals surface area (Å²) in [6.07, 6.45) is 8.26. The second kappa shape index (κ2) is 5.50. The molecule has 6 heteroatoms. The third-order valence-corrected chi connectivity index (χ3v) is 5.84. The van der Waals surface area contributed by atoms with Crippen molar-refractivity contribution in [3.8, 4) is 0 Å². The Hall–Kier alpha value is -2.99. The molecule has 0 spiro atoms. The smallest absolute Gasteiger partial charge is 0.125 e. The third kappa shape index (κ3) is 2.13. The minimum atomic E-state index is -0.00622. The Labute approximate surface area is 164 Å². The molecule has 0 radical (unpaired) electrons. The molecule has 4 heterocycles. The molecule has 0 bridgehead atoms. The number of halogens is 1. The van der Waals surface area contributed by atoms with Crippen LogP contribution in [0, 0.1) is 0 Å². The summed E-state index contributed by atoms with van der Waals surface area (Å²) in [6.45, 7) is 0.824. The van der Waals surface area contributed by atoms with Crippen LogP contribution in [0.2, 0.25) is 0 Å². The maximum Gasteiger partial charge on any atom is 0.125 e. The van der Waals surface area contributed by atoms with Crippen molar-refractivity contribution in [2.24, 2.45) is 0 Å². The molecule has 0 aliphatic carbocycles. The van der Waals surface area contributed by atoms with E-state index in [1.165, 1.54) is 16.5 Å². The van der Waals surface area contributed by atoms with Crippen molar-refractivity contribution in [2.45, 2.75) is 6.17 Å². The lowest BCUT2D eigenvalue weighted by Gasteiger charge is -2.18.